The first-order valence-electron chi connectivity index (χ1n) is 12.9. The highest BCUT2D eigenvalue weighted by Gasteiger charge is 2.24. The van der Waals surface area contributed by atoms with Gasteiger partial charge in [0.25, 0.3) is 11.8 Å². The average Bonchev–Trinajstić information content (AvgIpc) is 3.23. The summed E-state index contributed by atoms with van der Waals surface area (Å²) in [7, 11) is 1.35. The molecule has 0 aliphatic carbocycles. The van der Waals surface area contributed by atoms with E-state index in [0.29, 0.717) is 55.1 Å². The third kappa shape index (κ3) is 7.13. The largest absolute Gasteiger partial charge is 0.481 e. The van der Waals surface area contributed by atoms with Crippen LogP contribution in [0, 0.1) is 0 Å². The molecule has 0 spiro atoms. The number of carbonyl (C=O) groups excluding carboxylic acids is 3. The molecule has 1 aromatic heterocycles. The second-order valence-corrected chi connectivity index (χ2v) is 9.26. The van der Waals surface area contributed by atoms with Crippen LogP contribution >= 0.6 is 0 Å². The molecule has 11 nitrogen and oxygen atoms in total. The lowest BCUT2D eigenvalue weighted by molar-refractivity contribution is -0.137. The Bertz CT molecular complexity index is 1350. The van der Waals surface area contributed by atoms with Crippen molar-refractivity contribution in [1.29, 1.82) is 0 Å². The molecule has 1 aliphatic rings. The van der Waals surface area contributed by atoms with Gasteiger partial charge in [0, 0.05) is 49.7 Å². The molecule has 0 radical (unpaired) electrons. The van der Waals surface area contributed by atoms with E-state index in [-0.39, 0.29) is 17.9 Å². The Morgan fingerprint density at radius 3 is 2.45 bits per heavy atom. The van der Waals surface area contributed by atoms with E-state index in [1.165, 1.54) is 13.3 Å². The van der Waals surface area contributed by atoms with Gasteiger partial charge in [0.05, 0.1) is 30.9 Å². The van der Waals surface area contributed by atoms with Crippen LogP contribution in [0.3, 0.4) is 0 Å². The van der Waals surface area contributed by atoms with E-state index in [1.54, 1.807) is 65.7 Å². The van der Waals surface area contributed by atoms with E-state index in [2.05, 4.69) is 15.6 Å². The minimum Gasteiger partial charge on any atom is -0.481 e. The molecule has 0 bridgehead atoms. The number of carboxylic acids is 1. The number of carboxylic acid groups (broad SMARTS) is 1. The van der Waals surface area contributed by atoms with Crippen LogP contribution in [0.1, 0.15) is 45.2 Å². The quantitative estimate of drug-likeness (QED) is 0.390. The fourth-order valence-corrected chi connectivity index (χ4v) is 4.56. The van der Waals surface area contributed by atoms with Crippen LogP contribution in [0.5, 0.6) is 0 Å². The number of pyridine rings is 1. The highest BCUT2D eigenvalue weighted by molar-refractivity contribution is 6.07. The molecule has 2 heterocycles. The molecule has 0 saturated carbocycles. The number of hydrogen-bond donors (Lipinski definition) is 3. The van der Waals surface area contributed by atoms with Crippen molar-refractivity contribution >= 4 is 35.3 Å². The van der Waals surface area contributed by atoms with Gasteiger partial charge >= 0.3 is 12.1 Å². The number of ether oxygens (including phenoxy) is 1. The Morgan fingerprint density at radius 2 is 1.75 bits per heavy atom. The van der Waals surface area contributed by atoms with Crippen molar-refractivity contribution in [2.45, 2.75) is 18.9 Å². The van der Waals surface area contributed by atoms with E-state index in [0.717, 1.165) is 0 Å². The molecule has 3 aromatic rings. The lowest BCUT2D eigenvalue weighted by atomic mass is 10.0. The van der Waals surface area contributed by atoms with E-state index >= 15 is 0 Å². The van der Waals surface area contributed by atoms with Crippen LogP contribution in [-0.2, 0) is 9.53 Å². The number of rotatable bonds is 8. The Hall–Kier alpha value is -4.93. The number of methoxy groups -OCH3 is 1. The SMILES string of the molecule is COC(=O)N1CCCN(c2ccc(C(=O)NC(CC(=O)O)c3cccnc3)cc2NC(=O)c2ccccc2)CC1. The van der Waals surface area contributed by atoms with Gasteiger partial charge in [0.2, 0.25) is 0 Å². The smallest absolute Gasteiger partial charge is 0.409 e. The Kier molecular flexibility index (Phi) is 9.29. The summed E-state index contributed by atoms with van der Waals surface area (Å²) in [5, 5.41) is 15.1. The highest BCUT2D eigenvalue weighted by Crippen LogP contribution is 2.30. The molecule has 3 amide bonds. The third-order valence-corrected chi connectivity index (χ3v) is 6.58. The second kappa shape index (κ2) is 13.2. The highest BCUT2D eigenvalue weighted by atomic mass is 16.5. The van der Waals surface area contributed by atoms with Gasteiger partial charge in [-0.25, -0.2) is 4.79 Å². The van der Waals surface area contributed by atoms with Gasteiger partial charge in [0.1, 0.15) is 0 Å². The summed E-state index contributed by atoms with van der Waals surface area (Å²) < 4.78 is 4.87. The normalized spacial score (nSPS) is 14.0. The van der Waals surface area contributed by atoms with Crippen molar-refractivity contribution in [3.8, 4) is 0 Å². The van der Waals surface area contributed by atoms with Gasteiger partial charge in [-0.05, 0) is 48.4 Å². The zero-order chi connectivity index (χ0) is 28.5. The summed E-state index contributed by atoms with van der Waals surface area (Å²) >= 11 is 0. The minimum atomic E-state index is -1.07. The molecule has 40 heavy (non-hydrogen) atoms. The molecule has 4 rings (SSSR count). The van der Waals surface area contributed by atoms with Gasteiger partial charge < -0.3 is 30.3 Å². The molecule has 1 saturated heterocycles. The van der Waals surface area contributed by atoms with E-state index in [4.69, 9.17) is 4.74 Å². The maximum absolute atomic E-state index is 13.3. The number of hydrogen-bond acceptors (Lipinski definition) is 7. The topological polar surface area (TPSA) is 141 Å². The van der Waals surface area contributed by atoms with Crippen LogP contribution in [0.25, 0.3) is 0 Å². The van der Waals surface area contributed by atoms with Gasteiger partial charge in [-0.3, -0.25) is 19.4 Å². The van der Waals surface area contributed by atoms with Gasteiger partial charge in [-0.2, -0.15) is 0 Å². The summed E-state index contributed by atoms with van der Waals surface area (Å²) in [6.07, 6.45) is 3.05. The Balaban J connectivity index is 1.62. The maximum atomic E-state index is 13.3. The van der Waals surface area contributed by atoms with Gasteiger partial charge in [-0.15, -0.1) is 0 Å². The van der Waals surface area contributed by atoms with Crippen molar-refractivity contribution < 1.29 is 29.0 Å². The molecule has 2 aromatic carbocycles. The Labute approximate surface area is 231 Å². The number of nitrogens with one attached hydrogen (secondary N) is 2. The van der Waals surface area contributed by atoms with Crippen molar-refractivity contribution in [2.24, 2.45) is 0 Å². The minimum absolute atomic E-state index is 0.248. The van der Waals surface area contributed by atoms with Gasteiger partial charge in [-0.1, -0.05) is 24.3 Å². The molecule has 1 aliphatic heterocycles. The molecular formula is C29H31N5O6. The van der Waals surface area contributed by atoms with Gasteiger partial charge in [0.15, 0.2) is 0 Å². The number of amides is 3. The lowest BCUT2D eigenvalue weighted by Crippen LogP contribution is -2.35. The van der Waals surface area contributed by atoms with Crippen LogP contribution < -0.4 is 15.5 Å². The lowest BCUT2D eigenvalue weighted by Gasteiger charge is -2.26. The second-order valence-electron chi connectivity index (χ2n) is 9.26. The van der Waals surface area contributed by atoms with Crippen LogP contribution in [0.4, 0.5) is 16.2 Å². The first-order valence-corrected chi connectivity index (χ1v) is 12.9. The number of anilines is 2. The van der Waals surface area contributed by atoms with Crippen molar-refractivity contribution in [1.82, 2.24) is 15.2 Å². The van der Waals surface area contributed by atoms with Crippen molar-refractivity contribution in [3.63, 3.8) is 0 Å². The predicted molar refractivity (Wildman–Crippen MR) is 148 cm³/mol. The van der Waals surface area contributed by atoms with Crippen LogP contribution in [0.2, 0.25) is 0 Å². The summed E-state index contributed by atoms with van der Waals surface area (Å²) in [5.74, 6) is -1.91. The molecule has 1 atom stereocenters. The zero-order valence-corrected chi connectivity index (χ0v) is 22.1. The third-order valence-electron chi connectivity index (χ3n) is 6.58. The first kappa shape index (κ1) is 28.1. The predicted octanol–water partition coefficient (Wildman–Crippen LogP) is 3.56. The zero-order valence-electron chi connectivity index (χ0n) is 22.1. The summed E-state index contributed by atoms with van der Waals surface area (Å²) in [5.41, 5.74) is 2.38. The molecule has 1 fully saturated rings. The number of carbonyl (C=O) groups is 4. The van der Waals surface area contributed by atoms with Crippen LogP contribution in [-0.4, -0.2) is 72.2 Å². The monoisotopic (exact) mass is 545 g/mol. The number of aliphatic carboxylic acids is 1. The van der Waals surface area contributed by atoms with Crippen molar-refractivity contribution in [2.75, 3.05) is 43.5 Å². The fraction of sp³-hybridized carbons (Fsp3) is 0.276. The Morgan fingerprint density at radius 1 is 0.950 bits per heavy atom. The molecule has 208 valence electrons. The summed E-state index contributed by atoms with van der Waals surface area (Å²) in [6, 6.07) is 16.3. The van der Waals surface area contributed by atoms with E-state index < -0.39 is 24.0 Å². The van der Waals surface area contributed by atoms with E-state index in [1.807, 2.05) is 11.0 Å². The molecule has 1 unspecified atom stereocenters. The first-order chi connectivity index (χ1) is 19.4. The van der Waals surface area contributed by atoms with E-state index in [9.17, 15) is 24.3 Å². The molecule has 11 heteroatoms. The maximum Gasteiger partial charge on any atom is 0.409 e. The molecule has 3 N–H and O–H groups in total. The number of benzene rings is 2. The standard InChI is InChI=1S/C29H31N5O6/c1-40-29(39)34-14-6-13-33(15-16-34)25-11-10-21(17-24(25)32-27(37)20-7-3-2-4-8-20)28(38)31-23(18-26(35)36)22-9-5-12-30-19-22/h2-5,7-12,17,19,23H,6,13-16,18H2,1H3,(H,31,38)(H,32,37)(H,35,36). The fourth-order valence-electron chi connectivity index (χ4n) is 4.56. The number of nitrogens with zero attached hydrogens (tertiary/aromatic N) is 3. The van der Waals surface area contributed by atoms with Crippen molar-refractivity contribution in [3.05, 3.63) is 89.7 Å². The summed E-state index contributed by atoms with van der Waals surface area (Å²) in [6.45, 7) is 2.09. The van der Waals surface area contributed by atoms with Crippen LogP contribution in [0.15, 0.2) is 73.1 Å². The summed E-state index contributed by atoms with van der Waals surface area (Å²) in [4.78, 5) is 57.6. The molecular weight excluding hydrogens is 514 g/mol. The number of aromatic nitrogens is 1. The average molecular weight is 546 g/mol.